The third-order valence-electron chi connectivity index (χ3n) is 7.07. The van der Waals surface area contributed by atoms with Crippen LogP contribution in [0.4, 0.5) is 0 Å². The van der Waals surface area contributed by atoms with Crippen molar-refractivity contribution in [2.75, 3.05) is 26.0 Å². The first-order valence-electron chi connectivity index (χ1n) is 13.9. The second-order valence-corrected chi connectivity index (χ2v) is 13.6. The van der Waals surface area contributed by atoms with E-state index in [0.29, 0.717) is 50.1 Å². The first-order valence-corrected chi connectivity index (χ1v) is 15.6. The number of rotatable bonds is 14. The summed E-state index contributed by atoms with van der Waals surface area (Å²) < 4.78 is 43.7. The molecule has 1 heterocycles. The van der Waals surface area contributed by atoms with Crippen molar-refractivity contribution < 1.29 is 32.2 Å². The Bertz CT molecular complexity index is 1010. The fourth-order valence-corrected chi connectivity index (χ4v) is 6.76. The summed E-state index contributed by atoms with van der Waals surface area (Å²) in [6, 6.07) is 7.32. The zero-order valence-electron chi connectivity index (χ0n) is 24.0. The second-order valence-electron chi connectivity index (χ2n) is 11.2. The van der Waals surface area contributed by atoms with Crippen LogP contribution in [0.3, 0.4) is 0 Å². The third kappa shape index (κ3) is 8.97. The molecule has 1 saturated heterocycles. The number of sulfone groups is 1. The third-order valence-corrected chi connectivity index (χ3v) is 9.28. The highest BCUT2D eigenvalue weighted by molar-refractivity contribution is 7.92. The number of hydrogen-bond donors (Lipinski definition) is 1. The molecule has 1 aromatic rings. The van der Waals surface area contributed by atoms with Gasteiger partial charge in [0.05, 0.1) is 24.5 Å². The highest BCUT2D eigenvalue weighted by Crippen LogP contribution is 2.40. The van der Waals surface area contributed by atoms with Gasteiger partial charge in [-0.2, -0.15) is 0 Å². The number of nitrogens with one attached hydrogen (secondary N) is 1. The lowest BCUT2D eigenvalue weighted by Crippen LogP contribution is -2.53. The summed E-state index contributed by atoms with van der Waals surface area (Å²) in [5.74, 6) is -0.265. The van der Waals surface area contributed by atoms with E-state index in [4.69, 9.17) is 14.2 Å². The molecule has 38 heavy (non-hydrogen) atoms. The molecule has 8 nitrogen and oxygen atoms in total. The largest absolute Gasteiger partial charge is 0.489 e. The number of para-hydroxylation sites is 1. The molecule has 1 aromatic carbocycles. The number of benzene rings is 1. The number of carbonyl (C=O) groups excluding carboxylic acids is 2. The Morgan fingerprint density at radius 3 is 2.32 bits per heavy atom. The molecule has 0 amide bonds. The van der Waals surface area contributed by atoms with Gasteiger partial charge in [-0.3, -0.25) is 9.59 Å². The van der Waals surface area contributed by atoms with Crippen LogP contribution in [0, 0.1) is 5.41 Å². The molecule has 9 heteroatoms. The van der Waals surface area contributed by atoms with Crippen LogP contribution < -0.4 is 10.1 Å². The molecule has 0 spiro atoms. The van der Waals surface area contributed by atoms with Gasteiger partial charge < -0.3 is 19.5 Å². The van der Waals surface area contributed by atoms with Gasteiger partial charge in [0.2, 0.25) is 0 Å². The number of ether oxygens (including phenoxy) is 3. The van der Waals surface area contributed by atoms with E-state index in [0.717, 1.165) is 12.8 Å². The lowest BCUT2D eigenvalue weighted by Gasteiger charge is -2.43. The standard InChI is InChI=1S/C29H47NO7S/c1-7-9-19-38(33,34)23(21-26(31)35-6)20-22-13-10-11-14-24(22)36-25(12-8-2)29(15-17-30-18-16-29)27(32)37-28(3,4)5/h10-11,13-14,23,25,30H,7-9,12,15-21H2,1-6H3. The zero-order valence-corrected chi connectivity index (χ0v) is 24.8. The minimum Gasteiger partial charge on any atom is -0.489 e. The van der Waals surface area contributed by atoms with E-state index in [1.165, 1.54) is 7.11 Å². The molecule has 1 aliphatic heterocycles. The average Bonchev–Trinajstić information content (AvgIpc) is 2.87. The lowest BCUT2D eigenvalue weighted by atomic mass is 9.72. The normalized spacial score (nSPS) is 17.3. The number of esters is 2. The molecular weight excluding hydrogens is 506 g/mol. The minimum absolute atomic E-state index is 0.0153. The van der Waals surface area contributed by atoms with Gasteiger partial charge in [-0.25, -0.2) is 8.42 Å². The Morgan fingerprint density at radius 1 is 1.08 bits per heavy atom. The van der Waals surface area contributed by atoms with Gasteiger partial charge >= 0.3 is 11.9 Å². The average molecular weight is 554 g/mol. The van der Waals surface area contributed by atoms with Crippen LogP contribution in [0.15, 0.2) is 24.3 Å². The van der Waals surface area contributed by atoms with Crippen molar-refractivity contribution in [1.29, 1.82) is 0 Å². The quantitative estimate of drug-likeness (QED) is 0.332. The summed E-state index contributed by atoms with van der Waals surface area (Å²) in [5.41, 5.74) is -0.756. The molecule has 0 saturated carbocycles. The Labute approximate surface area is 229 Å². The summed E-state index contributed by atoms with van der Waals surface area (Å²) in [5, 5.41) is 2.42. The number of methoxy groups -OCH3 is 1. The summed E-state index contributed by atoms with van der Waals surface area (Å²) >= 11 is 0. The molecule has 1 fully saturated rings. The molecule has 216 valence electrons. The predicted molar refractivity (Wildman–Crippen MR) is 149 cm³/mol. The Morgan fingerprint density at radius 2 is 1.74 bits per heavy atom. The van der Waals surface area contributed by atoms with Gasteiger partial charge in [0.25, 0.3) is 0 Å². The topological polar surface area (TPSA) is 108 Å². The summed E-state index contributed by atoms with van der Waals surface area (Å²) in [6.07, 6.45) is 3.36. The smallest absolute Gasteiger partial charge is 0.316 e. The van der Waals surface area contributed by atoms with Gasteiger partial charge in [-0.15, -0.1) is 0 Å². The fraction of sp³-hybridized carbons (Fsp3) is 0.724. The van der Waals surface area contributed by atoms with Crippen molar-refractivity contribution in [2.45, 2.75) is 103 Å². The first-order chi connectivity index (χ1) is 17.9. The van der Waals surface area contributed by atoms with Gasteiger partial charge in [-0.05, 0) is 77.6 Å². The van der Waals surface area contributed by atoms with Crippen LogP contribution >= 0.6 is 0 Å². The van der Waals surface area contributed by atoms with Crippen molar-refractivity contribution in [2.24, 2.45) is 5.41 Å². The van der Waals surface area contributed by atoms with Crippen molar-refractivity contribution >= 4 is 21.8 Å². The van der Waals surface area contributed by atoms with E-state index >= 15 is 0 Å². The predicted octanol–water partition coefficient (Wildman–Crippen LogP) is 4.63. The van der Waals surface area contributed by atoms with Crippen molar-refractivity contribution in [3.05, 3.63) is 29.8 Å². The van der Waals surface area contributed by atoms with Gasteiger partial charge in [0, 0.05) is 0 Å². The van der Waals surface area contributed by atoms with Crippen LogP contribution in [0.1, 0.15) is 85.1 Å². The van der Waals surface area contributed by atoms with Crippen molar-refractivity contribution in [3.8, 4) is 5.75 Å². The lowest BCUT2D eigenvalue weighted by molar-refractivity contribution is -0.177. The second kappa shape index (κ2) is 14.3. The van der Waals surface area contributed by atoms with E-state index < -0.39 is 38.2 Å². The maximum Gasteiger partial charge on any atom is 0.316 e. The fourth-order valence-electron chi connectivity index (χ4n) is 4.91. The van der Waals surface area contributed by atoms with Gasteiger partial charge in [0.1, 0.15) is 22.9 Å². The Balaban J connectivity index is 2.44. The monoisotopic (exact) mass is 553 g/mol. The van der Waals surface area contributed by atoms with E-state index in [2.05, 4.69) is 12.2 Å². The summed E-state index contributed by atoms with van der Waals surface area (Å²) in [6.45, 7) is 11.0. The number of piperidine rings is 1. The molecule has 2 atom stereocenters. The zero-order chi connectivity index (χ0) is 28.4. The highest BCUT2D eigenvalue weighted by atomic mass is 32.2. The first kappa shape index (κ1) is 32.1. The van der Waals surface area contributed by atoms with Gasteiger partial charge in [-0.1, -0.05) is 44.9 Å². The maximum absolute atomic E-state index is 13.6. The van der Waals surface area contributed by atoms with E-state index in [1.807, 2.05) is 52.0 Å². The number of hydrogen-bond acceptors (Lipinski definition) is 8. The number of unbranched alkanes of at least 4 members (excludes halogenated alkanes) is 1. The molecule has 0 aliphatic carbocycles. The summed E-state index contributed by atoms with van der Waals surface area (Å²) in [4.78, 5) is 25.8. The number of carbonyl (C=O) groups is 2. The van der Waals surface area contributed by atoms with Crippen molar-refractivity contribution in [1.82, 2.24) is 5.32 Å². The van der Waals surface area contributed by atoms with Gasteiger partial charge in [0.15, 0.2) is 9.84 Å². The minimum atomic E-state index is -3.55. The Kier molecular flexibility index (Phi) is 12.1. The van der Waals surface area contributed by atoms with E-state index in [1.54, 1.807) is 0 Å². The molecule has 0 radical (unpaired) electrons. The van der Waals surface area contributed by atoms with Crippen LogP contribution in [0.5, 0.6) is 5.75 Å². The molecule has 0 bridgehead atoms. The molecule has 0 aromatic heterocycles. The van der Waals surface area contributed by atoms with E-state index in [9.17, 15) is 18.0 Å². The van der Waals surface area contributed by atoms with Crippen LogP contribution in [0.25, 0.3) is 0 Å². The summed E-state index contributed by atoms with van der Waals surface area (Å²) in [7, 11) is -2.28. The molecular formula is C29H47NO7S. The molecule has 2 rings (SSSR count). The Hall–Kier alpha value is -2.13. The molecule has 1 N–H and O–H groups in total. The van der Waals surface area contributed by atoms with E-state index in [-0.39, 0.29) is 24.6 Å². The molecule has 2 unspecified atom stereocenters. The van der Waals surface area contributed by atoms with Crippen molar-refractivity contribution in [3.63, 3.8) is 0 Å². The highest BCUT2D eigenvalue weighted by Gasteiger charge is 2.50. The van der Waals surface area contributed by atoms with Crippen LogP contribution in [-0.2, 0) is 35.3 Å². The van der Waals surface area contributed by atoms with Crippen LogP contribution in [0.2, 0.25) is 0 Å². The SMILES string of the molecule is CCCCS(=O)(=O)C(CC(=O)OC)Cc1ccccc1OC(CCC)C1(C(=O)OC(C)(C)C)CCNCC1. The molecule has 1 aliphatic rings. The maximum atomic E-state index is 13.6. The van der Waals surface area contributed by atoms with Crippen LogP contribution in [-0.4, -0.2) is 63.3 Å².